The number of aromatic nitrogens is 1. The number of nitrogens with zero attached hydrogens (tertiary/aromatic N) is 1. The molecule has 1 aromatic heterocycles. The lowest BCUT2D eigenvalue weighted by Gasteiger charge is -2.32. The fraction of sp³-hybridized carbons (Fsp3) is 0.0625. The van der Waals surface area contributed by atoms with E-state index in [9.17, 15) is 24.6 Å². The summed E-state index contributed by atoms with van der Waals surface area (Å²) < 4.78 is 1.44. The quantitative estimate of drug-likeness (QED) is 0.702. The van der Waals surface area contributed by atoms with Crippen LogP contribution in [0.5, 0.6) is 0 Å². The molecule has 4 rings (SSSR count). The minimum Gasteiger partial charge on any atom is -0.479 e. The van der Waals surface area contributed by atoms with Crippen LogP contribution in [0.25, 0.3) is 21.7 Å². The van der Waals surface area contributed by atoms with E-state index >= 15 is 0 Å². The Morgan fingerprint density at radius 1 is 1.04 bits per heavy atom. The number of carboxylic acids is 2. The van der Waals surface area contributed by atoms with Gasteiger partial charge in [-0.05, 0) is 11.5 Å². The number of rotatable bonds is 2. The molecule has 23 heavy (non-hydrogen) atoms. The van der Waals surface area contributed by atoms with Crippen LogP contribution in [-0.4, -0.2) is 26.7 Å². The Balaban J connectivity index is 2.27. The third kappa shape index (κ3) is 1.74. The average molecular weight is 327 g/mol. The molecule has 6 nitrogen and oxygen atoms in total. The summed E-state index contributed by atoms with van der Waals surface area (Å²) in [7, 11) is 0. The van der Waals surface area contributed by atoms with Crippen molar-refractivity contribution in [1.29, 1.82) is 0 Å². The summed E-state index contributed by atoms with van der Waals surface area (Å²) in [4.78, 5) is 35.4. The van der Waals surface area contributed by atoms with Crippen molar-refractivity contribution in [3.63, 3.8) is 0 Å². The number of aliphatic carboxylic acids is 1. The maximum atomic E-state index is 12.5. The lowest BCUT2D eigenvalue weighted by molar-refractivity contribution is -0.138. The van der Waals surface area contributed by atoms with Crippen LogP contribution in [0.3, 0.4) is 0 Å². The number of pyridine rings is 1. The Bertz CT molecular complexity index is 1090. The summed E-state index contributed by atoms with van der Waals surface area (Å²) in [6.45, 7) is 0. The van der Waals surface area contributed by atoms with Crippen molar-refractivity contribution in [1.82, 2.24) is 4.57 Å². The first-order chi connectivity index (χ1) is 11.0. The topological polar surface area (TPSA) is 96.6 Å². The Morgan fingerprint density at radius 2 is 1.78 bits per heavy atom. The molecule has 0 fully saturated rings. The lowest BCUT2D eigenvalue weighted by atomic mass is 10.0. The molecule has 0 bridgehead atoms. The summed E-state index contributed by atoms with van der Waals surface area (Å²) in [5.74, 6) is -2.41. The normalized spacial score (nSPS) is 16.1. The lowest BCUT2D eigenvalue weighted by Crippen LogP contribution is -2.32. The molecule has 0 radical (unpaired) electrons. The van der Waals surface area contributed by atoms with Gasteiger partial charge in [-0.25, -0.2) is 9.59 Å². The Hall–Kier alpha value is -2.80. The molecule has 0 amide bonds. The van der Waals surface area contributed by atoms with Crippen LogP contribution >= 0.6 is 11.8 Å². The summed E-state index contributed by atoms with van der Waals surface area (Å²) in [5.41, 5.74) is -0.477. The molecule has 114 valence electrons. The van der Waals surface area contributed by atoms with Gasteiger partial charge < -0.3 is 14.8 Å². The van der Waals surface area contributed by atoms with Crippen LogP contribution in [0.4, 0.5) is 0 Å². The van der Waals surface area contributed by atoms with Crippen molar-refractivity contribution < 1.29 is 19.8 Å². The molecular formula is C16H9NO5S. The summed E-state index contributed by atoms with van der Waals surface area (Å²) in [6, 6.07) is 10.6. The fourth-order valence-electron chi connectivity index (χ4n) is 2.95. The van der Waals surface area contributed by atoms with E-state index in [0.29, 0.717) is 5.52 Å². The van der Waals surface area contributed by atoms with Gasteiger partial charge in [0.2, 0.25) is 5.43 Å². The first-order valence-corrected chi connectivity index (χ1v) is 7.61. The van der Waals surface area contributed by atoms with Gasteiger partial charge in [-0.15, -0.1) is 0 Å². The minimum atomic E-state index is -1.34. The van der Waals surface area contributed by atoms with E-state index in [-0.39, 0.29) is 16.0 Å². The van der Waals surface area contributed by atoms with Gasteiger partial charge in [-0.2, -0.15) is 0 Å². The highest BCUT2D eigenvalue weighted by molar-refractivity contribution is 8.01. The van der Waals surface area contributed by atoms with Crippen molar-refractivity contribution in [3.8, 4) is 0 Å². The molecule has 3 aromatic rings. The molecule has 2 N–H and O–H groups in total. The molecule has 0 saturated heterocycles. The number of carbonyl (C=O) groups is 2. The first-order valence-electron chi connectivity index (χ1n) is 6.73. The maximum Gasteiger partial charge on any atom is 0.342 e. The standard InChI is InChI=1S/C16H9NO5S/c18-12-9-6-5-7-3-1-2-4-8(7)11(9)17-13(10(12)15(19)20)23-14(17)16(21)22/h1-6,14H,(H,19,20)(H,21,22)/t14-/m1/s1. The molecule has 0 aliphatic carbocycles. The van der Waals surface area contributed by atoms with Crippen molar-refractivity contribution in [2.75, 3.05) is 0 Å². The molecule has 0 spiro atoms. The van der Waals surface area contributed by atoms with E-state index in [4.69, 9.17) is 0 Å². The van der Waals surface area contributed by atoms with Gasteiger partial charge >= 0.3 is 11.9 Å². The molecule has 1 atom stereocenters. The van der Waals surface area contributed by atoms with E-state index in [0.717, 1.165) is 22.5 Å². The molecule has 0 saturated carbocycles. The van der Waals surface area contributed by atoms with E-state index in [1.807, 2.05) is 12.1 Å². The molecule has 1 aliphatic heterocycles. The van der Waals surface area contributed by atoms with Crippen molar-refractivity contribution in [2.24, 2.45) is 0 Å². The zero-order valence-corrected chi connectivity index (χ0v) is 12.3. The smallest absolute Gasteiger partial charge is 0.342 e. The highest BCUT2D eigenvalue weighted by Crippen LogP contribution is 2.47. The zero-order chi connectivity index (χ0) is 16.3. The average Bonchev–Trinajstić information content (AvgIpc) is 2.49. The van der Waals surface area contributed by atoms with Crippen LogP contribution in [0.1, 0.15) is 15.7 Å². The van der Waals surface area contributed by atoms with Gasteiger partial charge in [0, 0.05) is 10.8 Å². The van der Waals surface area contributed by atoms with Gasteiger partial charge in [0.1, 0.15) is 5.56 Å². The highest BCUT2D eigenvalue weighted by atomic mass is 32.2. The van der Waals surface area contributed by atoms with Crippen LogP contribution < -0.4 is 5.43 Å². The van der Waals surface area contributed by atoms with Crippen molar-refractivity contribution >= 4 is 45.4 Å². The number of benzene rings is 2. The number of carboxylic acid groups (broad SMARTS) is 2. The summed E-state index contributed by atoms with van der Waals surface area (Å²) in [5, 5.41) is 19.7. The van der Waals surface area contributed by atoms with Crippen LogP contribution in [0, 0.1) is 0 Å². The van der Waals surface area contributed by atoms with E-state index in [1.54, 1.807) is 24.3 Å². The highest BCUT2D eigenvalue weighted by Gasteiger charge is 2.39. The van der Waals surface area contributed by atoms with Crippen LogP contribution in [0.15, 0.2) is 46.2 Å². The number of aromatic carboxylic acids is 1. The molecule has 7 heteroatoms. The first kappa shape index (κ1) is 13.8. The summed E-state index contributed by atoms with van der Waals surface area (Å²) in [6.07, 6.45) is 0. The second-order valence-corrected chi connectivity index (χ2v) is 6.24. The number of fused-ring (bicyclic) bond motifs is 5. The number of thioether (sulfide) groups is 1. The van der Waals surface area contributed by atoms with E-state index in [2.05, 4.69) is 0 Å². The SMILES string of the molecule is O=C(O)c1c2n(c3c(ccc4ccccc43)c1=O)[C@@H](C(=O)O)S2. The molecule has 2 aromatic carbocycles. The molecule has 1 aliphatic rings. The van der Waals surface area contributed by atoms with Gasteiger partial charge in [0.05, 0.1) is 10.5 Å². The number of hydrogen-bond acceptors (Lipinski definition) is 4. The predicted octanol–water partition coefficient (Wildman–Crippen LogP) is 2.54. The van der Waals surface area contributed by atoms with Gasteiger partial charge in [-0.1, -0.05) is 42.1 Å². The zero-order valence-electron chi connectivity index (χ0n) is 11.5. The summed E-state index contributed by atoms with van der Waals surface area (Å²) >= 11 is 0.882. The van der Waals surface area contributed by atoms with Gasteiger partial charge in [0.15, 0.2) is 5.37 Å². The fourth-order valence-corrected chi connectivity index (χ4v) is 4.03. The van der Waals surface area contributed by atoms with Crippen LogP contribution in [0.2, 0.25) is 0 Å². The Kier molecular flexibility index (Phi) is 2.76. The molecule has 0 unspecified atom stereocenters. The second kappa shape index (κ2) is 4.60. The third-order valence-electron chi connectivity index (χ3n) is 3.93. The van der Waals surface area contributed by atoms with Crippen LogP contribution in [-0.2, 0) is 4.79 Å². The molecular weight excluding hydrogens is 318 g/mol. The Morgan fingerprint density at radius 3 is 2.48 bits per heavy atom. The van der Waals surface area contributed by atoms with Crippen molar-refractivity contribution in [2.45, 2.75) is 10.4 Å². The van der Waals surface area contributed by atoms with Gasteiger partial charge in [-0.3, -0.25) is 4.79 Å². The van der Waals surface area contributed by atoms with Gasteiger partial charge in [0.25, 0.3) is 0 Å². The molecule has 2 heterocycles. The maximum absolute atomic E-state index is 12.5. The third-order valence-corrected chi connectivity index (χ3v) is 5.19. The number of hydrogen-bond donors (Lipinski definition) is 2. The minimum absolute atomic E-state index is 0.193. The Labute approximate surface area is 133 Å². The van der Waals surface area contributed by atoms with E-state index in [1.165, 1.54) is 4.57 Å². The van der Waals surface area contributed by atoms with Crippen molar-refractivity contribution in [3.05, 3.63) is 52.2 Å². The largest absolute Gasteiger partial charge is 0.479 e. The van der Waals surface area contributed by atoms with E-state index < -0.39 is 22.7 Å². The monoisotopic (exact) mass is 327 g/mol. The second-order valence-electron chi connectivity index (χ2n) is 5.18. The predicted molar refractivity (Wildman–Crippen MR) is 85.2 cm³/mol.